The quantitative estimate of drug-likeness (QED) is 0.0770. The number of halogens is 3. The number of carbonyl (C=O) groups excluding carboxylic acids is 2. The van der Waals surface area contributed by atoms with Crippen LogP contribution >= 0.6 is 11.8 Å². The number of likely N-dealkylation sites (tertiary alicyclic amines) is 1. The minimum atomic E-state index is -4.61. The van der Waals surface area contributed by atoms with E-state index in [0.29, 0.717) is 40.8 Å². The van der Waals surface area contributed by atoms with Crippen LogP contribution in [0.4, 0.5) is 13.2 Å². The lowest BCUT2D eigenvalue weighted by atomic mass is 9.72. The molecule has 7 rings (SSSR count). The molecule has 66 heavy (non-hydrogen) atoms. The van der Waals surface area contributed by atoms with Crippen LogP contribution in [0.3, 0.4) is 0 Å². The second-order valence-electron chi connectivity index (χ2n) is 18.2. The van der Waals surface area contributed by atoms with Crippen molar-refractivity contribution < 1.29 is 41.4 Å². The molecule has 12 nitrogen and oxygen atoms in total. The van der Waals surface area contributed by atoms with E-state index in [9.17, 15) is 41.4 Å². The number of aromatic hydroxyl groups is 1. The van der Waals surface area contributed by atoms with E-state index in [-0.39, 0.29) is 45.4 Å². The number of primary sulfonamides is 1. The minimum Gasteiger partial charge on any atom is -0.508 e. The number of hydrogen-bond donors (Lipinski definition) is 5. The summed E-state index contributed by atoms with van der Waals surface area (Å²) in [4.78, 5) is 29.9. The topological polar surface area (TPSA) is 180 Å². The molecular formula is C49H59F3N6O6S2. The van der Waals surface area contributed by atoms with E-state index in [2.05, 4.69) is 20.6 Å². The monoisotopic (exact) mass is 948 g/mol. The first-order chi connectivity index (χ1) is 31.1. The summed E-state index contributed by atoms with van der Waals surface area (Å²) in [5.41, 5.74) is 1.54. The van der Waals surface area contributed by atoms with Gasteiger partial charge in [-0.1, -0.05) is 73.4 Å². The Morgan fingerprint density at radius 1 is 0.909 bits per heavy atom. The Labute approximate surface area is 389 Å². The number of carbonyl (C=O) groups is 2. The van der Waals surface area contributed by atoms with Crippen LogP contribution < -0.4 is 15.8 Å². The zero-order chi connectivity index (χ0) is 48.0. The summed E-state index contributed by atoms with van der Waals surface area (Å²) in [6.07, 6.45) is 0.0654. The van der Waals surface area contributed by atoms with Crippen molar-refractivity contribution >= 4 is 33.6 Å². The molecule has 5 aromatic rings. The van der Waals surface area contributed by atoms with Gasteiger partial charge in [0.25, 0.3) is 5.91 Å². The summed E-state index contributed by atoms with van der Waals surface area (Å²) < 4.78 is 63.2. The van der Waals surface area contributed by atoms with Crippen LogP contribution in [0.25, 0.3) is 16.9 Å². The number of hydrogen-bond acceptors (Lipinski definition) is 9. The van der Waals surface area contributed by atoms with Crippen LogP contribution in [0.15, 0.2) is 113 Å². The van der Waals surface area contributed by atoms with Crippen molar-refractivity contribution in [2.75, 3.05) is 18.8 Å². The Morgan fingerprint density at radius 3 is 2.18 bits per heavy atom. The number of nitrogens with one attached hydrogen (secondary N) is 2. The number of aliphatic hydroxyl groups excluding tert-OH is 1. The normalized spacial score (nSPS) is 18.8. The number of nitrogens with zero attached hydrogens (tertiary/aromatic N) is 3. The lowest BCUT2D eigenvalue weighted by molar-refractivity contribution is -0.141. The maximum Gasteiger partial charge on any atom is 0.435 e. The Morgan fingerprint density at radius 2 is 1.56 bits per heavy atom. The third kappa shape index (κ3) is 13.2. The summed E-state index contributed by atoms with van der Waals surface area (Å²) in [5, 5.41) is 36.7. The minimum absolute atomic E-state index is 0.0124. The number of sulfonamides is 1. The number of phenols is 1. The van der Waals surface area contributed by atoms with E-state index in [1.807, 2.05) is 58.0 Å². The second kappa shape index (κ2) is 21.2. The standard InChI is InChI=1S/C32H45N3O4S.C17H14F3N3O2S/c1-21-25(15-10-16-28(21)36)30(38)33-26(20-40-24-13-6-5-7-14-24)29(37)19-35-18-23-12-9-8-11-22(23)17-27(35)31(39)34-32(2,3)4;1-11-2-4-12(5-3-11)15-10-16(17(18,19)20)22-23(15)13-6-8-14(9-7-13)26(21,24)25/h5-7,10,13-16,22-23,26-27,29,36-37H,8-9,11-12,17-20H2,1-4H3,(H,33,38)(H,34,39);2-10H,1H3,(H2,21,24,25)/t22-,23+,26-,27-,29+;/m0./s1. The number of fused-ring (bicyclic) bond motifs is 1. The number of thioether (sulfide) groups is 1. The first-order valence-corrected chi connectivity index (χ1v) is 24.5. The van der Waals surface area contributed by atoms with E-state index < -0.39 is 34.0 Å². The van der Waals surface area contributed by atoms with Crippen molar-refractivity contribution in [1.29, 1.82) is 0 Å². The fourth-order valence-corrected chi connectivity index (χ4v) is 10.0. The Kier molecular flexibility index (Phi) is 16.1. The number of piperidine rings is 1. The van der Waals surface area contributed by atoms with Gasteiger partial charge >= 0.3 is 6.18 Å². The van der Waals surface area contributed by atoms with Gasteiger partial charge in [0.2, 0.25) is 15.9 Å². The molecule has 354 valence electrons. The van der Waals surface area contributed by atoms with Crippen molar-refractivity contribution in [2.24, 2.45) is 17.0 Å². The summed E-state index contributed by atoms with van der Waals surface area (Å²) in [6.45, 7) is 10.6. The van der Waals surface area contributed by atoms with Gasteiger partial charge in [-0.15, -0.1) is 11.8 Å². The van der Waals surface area contributed by atoms with Crippen molar-refractivity contribution in [2.45, 2.75) is 106 Å². The molecule has 0 spiro atoms. The van der Waals surface area contributed by atoms with Crippen LogP contribution in [0, 0.1) is 25.7 Å². The Hall–Kier alpha value is -5.20. The van der Waals surface area contributed by atoms with Gasteiger partial charge in [0, 0.05) is 46.0 Å². The average molecular weight is 949 g/mol. The van der Waals surface area contributed by atoms with Crippen LogP contribution in [-0.2, 0) is 21.0 Å². The number of phenolic OH excluding ortho intramolecular Hbond substituents is 1. The van der Waals surface area contributed by atoms with Crippen molar-refractivity contribution in [1.82, 2.24) is 25.3 Å². The average Bonchev–Trinajstić information content (AvgIpc) is 3.72. The molecule has 4 aromatic carbocycles. The molecule has 2 fully saturated rings. The molecule has 0 unspecified atom stereocenters. The van der Waals surface area contributed by atoms with Gasteiger partial charge < -0.3 is 20.8 Å². The highest BCUT2D eigenvalue weighted by molar-refractivity contribution is 7.99. The summed E-state index contributed by atoms with van der Waals surface area (Å²) in [5.74, 6) is 1.27. The number of benzene rings is 4. The molecule has 0 radical (unpaired) electrons. The molecular weight excluding hydrogens is 890 g/mol. The predicted octanol–water partition coefficient (Wildman–Crippen LogP) is 8.26. The maximum atomic E-state index is 13.5. The zero-order valence-corrected chi connectivity index (χ0v) is 39.4. The highest BCUT2D eigenvalue weighted by Crippen LogP contribution is 2.39. The van der Waals surface area contributed by atoms with Gasteiger partial charge in [-0.2, -0.15) is 18.3 Å². The largest absolute Gasteiger partial charge is 0.508 e. The number of rotatable bonds is 12. The first-order valence-electron chi connectivity index (χ1n) is 22.0. The summed E-state index contributed by atoms with van der Waals surface area (Å²) >= 11 is 1.57. The highest BCUT2D eigenvalue weighted by Gasteiger charge is 2.42. The van der Waals surface area contributed by atoms with E-state index >= 15 is 0 Å². The fourth-order valence-electron chi connectivity index (χ4n) is 8.49. The molecule has 1 saturated carbocycles. The van der Waals surface area contributed by atoms with Crippen molar-refractivity contribution in [3.05, 3.63) is 126 Å². The second-order valence-corrected chi connectivity index (χ2v) is 20.9. The smallest absolute Gasteiger partial charge is 0.435 e. The van der Waals surface area contributed by atoms with Crippen molar-refractivity contribution in [3.63, 3.8) is 0 Å². The van der Waals surface area contributed by atoms with Crippen molar-refractivity contribution in [3.8, 4) is 22.7 Å². The van der Waals surface area contributed by atoms with Crippen LogP contribution in [0.2, 0.25) is 0 Å². The molecule has 0 bridgehead atoms. The summed E-state index contributed by atoms with van der Waals surface area (Å²) in [6, 6.07) is 27.0. The molecule has 5 atom stereocenters. The predicted molar refractivity (Wildman–Crippen MR) is 251 cm³/mol. The van der Waals surface area contributed by atoms with Crippen LogP contribution in [0.1, 0.15) is 80.1 Å². The number of nitrogens with two attached hydrogens (primary N) is 1. The Balaban J connectivity index is 0.000000239. The molecule has 2 amide bonds. The molecule has 1 saturated heterocycles. The lowest BCUT2D eigenvalue weighted by Crippen LogP contribution is -2.60. The molecule has 6 N–H and O–H groups in total. The molecule has 2 heterocycles. The number of aromatic nitrogens is 2. The number of amides is 2. The fraction of sp³-hybridized carbons (Fsp3) is 0.408. The lowest BCUT2D eigenvalue weighted by Gasteiger charge is -2.47. The number of aliphatic hydroxyl groups is 1. The first kappa shape index (κ1) is 50.2. The highest BCUT2D eigenvalue weighted by atomic mass is 32.2. The number of aryl methyl sites for hydroxylation is 1. The third-order valence-corrected chi connectivity index (χ3v) is 14.0. The van der Waals surface area contributed by atoms with E-state index in [1.54, 1.807) is 61.2 Å². The molecule has 1 aromatic heterocycles. The van der Waals surface area contributed by atoms with Crippen LogP contribution in [-0.4, -0.2) is 87.7 Å². The maximum absolute atomic E-state index is 13.5. The van der Waals surface area contributed by atoms with Gasteiger partial charge in [0.15, 0.2) is 5.69 Å². The van der Waals surface area contributed by atoms with E-state index in [1.165, 1.54) is 37.1 Å². The van der Waals surface area contributed by atoms with E-state index in [0.717, 1.165) is 47.0 Å². The SMILES string of the molecule is Cc1c(O)cccc1C(=O)N[C@@H](CSc1ccccc1)[C@H](O)CN1C[C@H]2CCCC[C@H]2C[C@H]1C(=O)NC(C)(C)C.Cc1ccc(-c2cc(C(F)(F)F)nn2-c2ccc(S(N)(=O)=O)cc2)cc1. The number of β-amino-alcohol motifs (C(OH)–C–C–N with tert-alkyl or cyclic N) is 1. The Bertz CT molecular complexity index is 2550. The van der Waals surface area contributed by atoms with E-state index in [4.69, 9.17) is 5.14 Å². The van der Waals surface area contributed by atoms with Gasteiger partial charge in [-0.05, 0) is 114 Å². The molecule has 2 aliphatic rings. The van der Waals surface area contributed by atoms with Gasteiger partial charge in [0.05, 0.1) is 34.5 Å². The van der Waals surface area contributed by atoms with Gasteiger partial charge in [0.1, 0.15) is 5.75 Å². The zero-order valence-electron chi connectivity index (χ0n) is 37.8. The van der Waals surface area contributed by atoms with Gasteiger partial charge in [-0.3, -0.25) is 14.5 Å². The molecule has 1 aliphatic heterocycles. The summed E-state index contributed by atoms with van der Waals surface area (Å²) in [7, 11) is -3.90. The number of alkyl halides is 3. The van der Waals surface area contributed by atoms with Crippen LogP contribution in [0.5, 0.6) is 5.75 Å². The van der Waals surface area contributed by atoms with Gasteiger partial charge in [-0.25, -0.2) is 18.2 Å². The molecule has 1 aliphatic carbocycles. The molecule has 17 heteroatoms. The third-order valence-electron chi connectivity index (χ3n) is 12.0.